The molecule has 1 heterocycles. The van der Waals surface area contributed by atoms with Gasteiger partial charge in [-0.2, -0.15) is 0 Å². The zero-order chi connectivity index (χ0) is 14.0. The molecule has 1 aromatic rings. The third kappa shape index (κ3) is 3.18. The van der Waals surface area contributed by atoms with E-state index in [1.165, 1.54) is 18.5 Å². The average Bonchev–Trinajstić information content (AvgIpc) is 3.15. The highest BCUT2D eigenvalue weighted by atomic mass is 16.3. The van der Waals surface area contributed by atoms with E-state index in [9.17, 15) is 9.90 Å². The normalized spacial score (nSPS) is 16.4. The largest absolute Gasteiger partial charge is 0.393 e. The minimum atomic E-state index is -0.320. The summed E-state index contributed by atoms with van der Waals surface area (Å²) in [6, 6.07) is 2.57. The van der Waals surface area contributed by atoms with Gasteiger partial charge in [-0.1, -0.05) is 6.92 Å². The summed E-state index contributed by atoms with van der Waals surface area (Å²) in [7, 11) is 0. The summed E-state index contributed by atoms with van der Waals surface area (Å²) in [6.45, 7) is 6.54. The maximum atomic E-state index is 12.1. The van der Waals surface area contributed by atoms with E-state index in [1.54, 1.807) is 0 Å². The molecule has 1 atom stereocenters. The van der Waals surface area contributed by atoms with Gasteiger partial charge >= 0.3 is 0 Å². The van der Waals surface area contributed by atoms with Gasteiger partial charge in [0.1, 0.15) is 0 Å². The highest BCUT2D eigenvalue weighted by Gasteiger charge is 2.28. The smallest absolute Gasteiger partial charge is 0.253 e. The highest BCUT2D eigenvalue weighted by molar-refractivity contribution is 5.95. The molecule has 2 rings (SSSR count). The van der Waals surface area contributed by atoms with Crippen LogP contribution in [0.1, 0.15) is 60.4 Å². The lowest BCUT2D eigenvalue weighted by molar-refractivity contribution is 0.0941. The molecule has 106 valence electrons. The molecule has 4 heteroatoms. The van der Waals surface area contributed by atoms with E-state index in [4.69, 9.17) is 0 Å². The Bertz CT molecular complexity index is 461. The average molecular weight is 264 g/mol. The fourth-order valence-corrected chi connectivity index (χ4v) is 2.55. The highest BCUT2D eigenvalue weighted by Crippen LogP contribution is 2.38. The van der Waals surface area contributed by atoms with Crippen LogP contribution in [-0.2, 0) is 0 Å². The number of carbonyl (C=O) groups excluding carboxylic acids is 1. The van der Waals surface area contributed by atoms with E-state index in [1.807, 2.05) is 19.9 Å². The lowest BCUT2D eigenvalue weighted by Crippen LogP contribution is -2.27. The number of nitrogens with zero attached hydrogens (tertiary/aromatic N) is 1. The molecular weight excluding hydrogens is 240 g/mol. The topological polar surface area (TPSA) is 54.3 Å². The van der Waals surface area contributed by atoms with Crippen molar-refractivity contribution >= 4 is 5.91 Å². The van der Waals surface area contributed by atoms with Crippen molar-refractivity contribution in [2.24, 2.45) is 0 Å². The summed E-state index contributed by atoms with van der Waals surface area (Å²) in [5.41, 5.74) is 3.00. The molecule has 2 N–H and O–H groups in total. The number of nitrogens with one attached hydrogen (secondary N) is 1. The first kappa shape index (κ1) is 14.1. The van der Waals surface area contributed by atoms with Gasteiger partial charge in [-0.25, -0.2) is 0 Å². The molecule has 19 heavy (non-hydrogen) atoms. The number of amides is 1. The van der Waals surface area contributed by atoms with Gasteiger partial charge in [-0.3, -0.25) is 4.79 Å². The quantitative estimate of drug-likeness (QED) is 0.828. The second kappa shape index (κ2) is 5.78. The molecule has 1 aliphatic rings. The first-order valence-electron chi connectivity index (χ1n) is 7.19. The van der Waals surface area contributed by atoms with Crippen molar-refractivity contribution in [2.75, 3.05) is 6.54 Å². The first-order valence-corrected chi connectivity index (χ1v) is 7.19. The van der Waals surface area contributed by atoms with Crippen LogP contribution in [0.15, 0.2) is 6.07 Å². The zero-order valence-electron chi connectivity index (χ0n) is 12.1. The van der Waals surface area contributed by atoms with Crippen molar-refractivity contribution in [2.45, 2.75) is 58.6 Å². The fourth-order valence-electron chi connectivity index (χ4n) is 2.55. The standard InChI is InChI=1S/C15H24N2O2/c1-4-13(18)7-8-16-15(19)14-9-10(2)17(11(14)3)12-5-6-12/h9,12-13,18H,4-8H2,1-3H3,(H,16,19). The third-order valence-electron chi connectivity index (χ3n) is 3.88. The molecule has 1 saturated carbocycles. The van der Waals surface area contributed by atoms with E-state index in [0.717, 1.165) is 17.7 Å². The fraction of sp³-hybridized carbons (Fsp3) is 0.667. The van der Waals surface area contributed by atoms with Crippen LogP contribution < -0.4 is 5.32 Å². The van der Waals surface area contributed by atoms with E-state index >= 15 is 0 Å². The van der Waals surface area contributed by atoms with Crippen LogP contribution >= 0.6 is 0 Å². The van der Waals surface area contributed by atoms with Crippen LogP contribution in [0.25, 0.3) is 0 Å². The minimum Gasteiger partial charge on any atom is -0.393 e. The van der Waals surface area contributed by atoms with Crippen LogP contribution in [0.4, 0.5) is 0 Å². The number of carbonyl (C=O) groups is 1. The van der Waals surface area contributed by atoms with Crippen LogP contribution in [0, 0.1) is 13.8 Å². The molecule has 0 aliphatic heterocycles. The molecule has 1 unspecified atom stereocenters. The molecule has 1 aromatic heterocycles. The van der Waals surface area contributed by atoms with Crippen molar-refractivity contribution in [3.8, 4) is 0 Å². The third-order valence-corrected chi connectivity index (χ3v) is 3.88. The second-order valence-corrected chi connectivity index (χ2v) is 5.49. The molecule has 4 nitrogen and oxygen atoms in total. The Morgan fingerprint density at radius 1 is 1.53 bits per heavy atom. The Morgan fingerprint density at radius 3 is 2.79 bits per heavy atom. The molecule has 1 amide bonds. The van der Waals surface area contributed by atoms with Gasteiger partial charge < -0.3 is 15.0 Å². The lowest BCUT2D eigenvalue weighted by atomic mass is 10.2. The van der Waals surface area contributed by atoms with Crippen molar-refractivity contribution in [1.82, 2.24) is 9.88 Å². The summed E-state index contributed by atoms with van der Waals surface area (Å²) in [5, 5.41) is 12.4. The molecular formula is C15H24N2O2. The van der Waals surface area contributed by atoms with Gasteiger partial charge in [0.05, 0.1) is 11.7 Å². The first-order chi connectivity index (χ1) is 9.04. The zero-order valence-corrected chi connectivity index (χ0v) is 12.1. The number of aliphatic hydroxyl groups excluding tert-OH is 1. The summed E-state index contributed by atoms with van der Waals surface area (Å²) in [5.74, 6) is -0.0247. The number of aliphatic hydroxyl groups is 1. The number of rotatable bonds is 6. The van der Waals surface area contributed by atoms with E-state index < -0.39 is 0 Å². The molecule has 0 aromatic carbocycles. The van der Waals surface area contributed by atoms with Crippen LogP contribution in [-0.4, -0.2) is 28.2 Å². The van der Waals surface area contributed by atoms with Crippen molar-refractivity contribution < 1.29 is 9.90 Å². The van der Waals surface area contributed by atoms with Gasteiger partial charge in [-0.15, -0.1) is 0 Å². The number of hydrogen-bond donors (Lipinski definition) is 2. The van der Waals surface area contributed by atoms with Gasteiger partial charge in [0.25, 0.3) is 5.91 Å². The Kier molecular flexibility index (Phi) is 4.30. The summed E-state index contributed by atoms with van der Waals surface area (Å²) >= 11 is 0. The van der Waals surface area contributed by atoms with Crippen molar-refractivity contribution in [1.29, 1.82) is 0 Å². The lowest BCUT2D eigenvalue weighted by Gasteiger charge is -2.10. The van der Waals surface area contributed by atoms with Gasteiger partial charge in [0.15, 0.2) is 0 Å². The van der Waals surface area contributed by atoms with Crippen LogP contribution in [0.2, 0.25) is 0 Å². The molecule has 0 bridgehead atoms. The monoisotopic (exact) mass is 264 g/mol. The number of aromatic nitrogens is 1. The SMILES string of the molecule is CCC(O)CCNC(=O)c1cc(C)n(C2CC2)c1C. The van der Waals surface area contributed by atoms with Gasteiger partial charge in [-0.05, 0) is 45.6 Å². The van der Waals surface area contributed by atoms with Gasteiger partial charge in [0.2, 0.25) is 0 Å². The number of hydrogen-bond acceptors (Lipinski definition) is 2. The molecule has 0 saturated heterocycles. The molecule has 1 aliphatic carbocycles. The van der Waals surface area contributed by atoms with Crippen molar-refractivity contribution in [3.63, 3.8) is 0 Å². The summed E-state index contributed by atoms with van der Waals surface area (Å²) in [4.78, 5) is 12.1. The Hall–Kier alpha value is -1.29. The van der Waals surface area contributed by atoms with E-state index in [-0.39, 0.29) is 12.0 Å². The Morgan fingerprint density at radius 2 is 2.21 bits per heavy atom. The molecule has 0 radical (unpaired) electrons. The Balaban J connectivity index is 1.97. The summed E-state index contributed by atoms with van der Waals surface area (Å²) in [6.07, 6.45) is 3.47. The summed E-state index contributed by atoms with van der Waals surface area (Å²) < 4.78 is 2.27. The van der Waals surface area contributed by atoms with Crippen LogP contribution in [0.5, 0.6) is 0 Å². The predicted molar refractivity (Wildman–Crippen MR) is 75.4 cm³/mol. The second-order valence-electron chi connectivity index (χ2n) is 5.49. The van der Waals surface area contributed by atoms with Gasteiger partial charge in [0, 0.05) is 24.0 Å². The predicted octanol–water partition coefficient (Wildman–Crippen LogP) is 2.33. The molecule has 0 spiro atoms. The maximum absolute atomic E-state index is 12.1. The minimum absolute atomic E-state index is 0.0247. The number of aryl methyl sites for hydroxylation is 1. The van der Waals surface area contributed by atoms with E-state index in [0.29, 0.717) is 19.0 Å². The molecule has 1 fully saturated rings. The maximum Gasteiger partial charge on any atom is 0.253 e. The van der Waals surface area contributed by atoms with E-state index in [2.05, 4.69) is 16.8 Å². The Labute approximate surface area is 114 Å². The van der Waals surface area contributed by atoms with Crippen molar-refractivity contribution in [3.05, 3.63) is 23.0 Å². The van der Waals surface area contributed by atoms with Crippen LogP contribution in [0.3, 0.4) is 0 Å².